The second-order valence-corrected chi connectivity index (χ2v) is 2.48. The molecule has 0 amide bonds. The molecule has 0 aliphatic carbocycles. The molecule has 2 N–H and O–H groups in total. The quantitative estimate of drug-likeness (QED) is 0.659. The molecule has 1 aromatic heterocycles. The van der Waals surface area contributed by atoms with Crippen molar-refractivity contribution in [3.05, 3.63) is 18.2 Å². The Balaban J connectivity index is 2.74. The Morgan fingerprint density at radius 3 is 2.90 bits per heavy atom. The first-order valence-electron chi connectivity index (χ1n) is 3.47. The van der Waals surface area contributed by atoms with E-state index < -0.39 is 0 Å². The van der Waals surface area contributed by atoms with Crippen molar-refractivity contribution in [2.45, 2.75) is 19.4 Å². The van der Waals surface area contributed by atoms with Gasteiger partial charge in [-0.1, -0.05) is 6.92 Å². The van der Waals surface area contributed by atoms with Gasteiger partial charge in [0.25, 0.3) is 0 Å². The van der Waals surface area contributed by atoms with E-state index in [1.807, 2.05) is 17.8 Å². The van der Waals surface area contributed by atoms with Gasteiger partial charge in [-0.25, -0.2) is 4.98 Å². The summed E-state index contributed by atoms with van der Waals surface area (Å²) in [7, 11) is 1.94. The van der Waals surface area contributed by atoms with Crippen molar-refractivity contribution in [2.75, 3.05) is 0 Å². The fourth-order valence-corrected chi connectivity index (χ4v) is 0.834. The fraction of sp³-hybridized carbons (Fsp3) is 0.571. The summed E-state index contributed by atoms with van der Waals surface area (Å²) in [5.74, 6) is 0. The molecule has 0 saturated carbocycles. The van der Waals surface area contributed by atoms with Gasteiger partial charge in [0.05, 0.1) is 12.0 Å². The van der Waals surface area contributed by atoms with E-state index in [1.54, 1.807) is 6.33 Å². The summed E-state index contributed by atoms with van der Waals surface area (Å²) >= 11 is 0. The van der Waals surface area contributed by atoms with Gasteiger partial charge in [-0.05, 0) is 6.42 Å². The lowest BCUT2D eigenvalue weighted by molar-refractivity contribution is 0.679. The van der Waals surface area contributed by atoms with Crippen LogP contribution in [0.1, 0.15) is 25.1 Å². The van der Waals surface area contributed by atoms with Crippen LogP contribution in [0.5, 0.6) is 0 Å². The molecule has 10 heavy (non-hydrogen) atoms. The highest BCUT2D eigenvalue weighted by Crippen LogP contribution is 2.08. The lowest BCUT2D eigenvalue weighted by Crippen LogP contribution is -2.08. The molecular weight excluding hydrogens is 126 g/mol. The van der Waals surface area contributed by atoms with E-state index in [4.69, 9.17) is 5.73 Å². The minimum absolute atomic E-state index is 0.0983. The summed E-state index contributed by atoms with van der Waals surface area (Å²) < 4.78 is 1.91. The molecule has 0 aromatic carbocycles. The van der Waals surface area contributed by atoms with Crippen LogP contribution in [0, 0.1) is 0 Å². The molecule has 1 rings (SSSR count). The molecule has 0 aliphatic rings. The smallest absolute Gasteiger partial charge is 0.0947 e. The summed E-state index contributed by atoms with van der Waals surface area (Å²) in [5, 5.41) is 0. The molecule has 0 bridgehead atoms. The van der Waals surface area contributed by atoms with E-state index >= 15 is 0 Å². The second kappa shape index (κ2) is 2.84. The molecule has 3 nitrogen and oxygen atoms in total. The fourth-order valence-electron chi connectivity index (χ4n) is 0.834. The van der Waals surface area contributed by atoms with E-state index in [1.165, 1.54) is 0 Å². The van der Waals surface area contributed by atoms with Crippen molar-refractivity contribution in [3.8, 4) is 0 Å². The molecule has 0 spiro atoms. The minimum atomic E-state index is 0.0983. The molecule has 1 heterocycles. The second-order valence-electron chi connectivity index (χ2n) is 2.48. The van der Waals surface area contributed by atoms with Gasteiger partial charge in [0.2, 0.25) is 0 Å². The van der Waals surface area contributed by atoms with Crippen LogP contribution in [-0.2, 0) is 7.05 Å². The van der Waals surface area contributed by atoms with Gasteiger partial charge >= 0.3 is 0 Å². The summed E-state index contributed by atoms with van der Waals surface area (Å²) in [4.78, 5) is 4.12. The number of aryl methyl sites for hydroxylation is 1. The Morgan fingerprint density at radius 2 is 2.50 bits per heavy atom. The third-order valence-corrected chi connectivity index (χ3v) is 1.54. The summed E-state index contributed by atoms with van der Waals surface area (Å²) in [5.41, 5.74) is 6.71. The van der Waals surface area contributed by atoms with Crippen molar-refractivity contribution in [3.63, 3.8) is 0 Å². The van der Waals surface area contributed by atoms with E-state index in [2.05, 4.69) is 11.9 Å². The summed E-state index contributed by atoms with van der Waals surface area (Å²) in [6.45, 7) is 2.05. The number of rotatable bonds is 2. The van der Waals surface area contributed by atoms with Gasteiger partial charge in [0.1, 0.15) is 0 Å². The maximum Gasteiger partial charge on any atom is 0.0947 e. The maximum atomic E-state index is 5.73. The van der Waals surface area contributed by atoms with Crippen LogP contribution in [-0.4, -0.2) is 9.55 Å². The van der Waals surface area contributed by atoms with Crippen LogP contribution in [0.25, 0.3) is 0 Å². The average Bonchev–Trinajstić information content (AvgIpc) is 2.34. The van der Waals surface area contributed by atoms with Crippen LogP contribution >= 0.6 is 0 Å². The third-order valence-electron chi connectivity index (χ3n) is 1.54. The van der Waals surface area contributed by atoms with Gasteiger partial charge in [-0.2, -0.15) is 0 Å². The molecule has 0 saturated heterocycles. The zero-order valence-electron chi connectivity index (χ0n) is 6.41. The first-order chi connectivity index (χ1) is 4.74. The lowest BCUT2D eigenvalue weighted by Gasteiger charge is -2.01. The largest absolute Gasteiger partial charge is 0.340 e. The number of aromatic nitrogens is 2. The molecule has 0 aliphatic heterocycles. The van der Waals surface area contributed by atoms with Crippen molar-refractivity contribution in [2.24, 2.45) is 12.8 Å². The highest BCUT2D eigenvalue weighted by Gasteiger charge is 2.04. The van der Waals surface area contributed by atoms with Gasteiger partial charge in [-0.15, -0.1) is 0 Å². The Kier molecular flexibility index (Phi) is 2.06. The number of hydrogen-bond donors (Lipinski definition) is 1. The average molecular weight is 139 g/mol. The zero-order chi connectivity index (χ0) is 7.56. The Labute approximate surface area is 60.9 Å². The first-order valence-corrected chi connectivity index (χ1v) is 3.47. The van der Waals surface area contributed by atoms with Crippen molar-refractivity contribution in [1.82, 2.24) is 9.55 Å². The number of nitrogens with two attached hydrogens (primary N) is 1. The van der Waals surface area contributed by atoms with Crippen LogP contribution in [0.15, 0.2) is 12.5 Å². The molecule has 0 radical (unpaired) electrons. The highest BCUT2D eigenvalue weighted by atomic mass is 15.0. The molecule has 1 atom stereocenters. The Morgan fingerprint density at radius 1 is 1.80 bits per heavy atom. The number of imidazole rings is 1. The van der Waals surface area contributed by atoms with Gasteiger partial charge in [-0.3, -0.25) is 0 Å². The van der Waals surface area contributed by atoms with Crippen molar-refractivity contribution in [1.29, 1.82) is 0 Å². The van der Waals surface area contributed by atoms with Crippen LogP contribution in [0.2, 0.25) is 0 Å². The Hall–Kier alpha value is -0.830. The summed E-state index contributed by atoms with van der Waals surface area (Å²) in [6, 6.07) is 0.0983. The predicted molar refractivity (Wildman–Crippen MR) is 40.4 cm³/mol. The molecule has 1 aromatic rings. The minimum Gasteiger partial charge on any atom is -0.340 e. The van der Waals surface area contributed by atoms with E-state index in [0.29, 0.717) is 0 Å². The van der Waals surface area contributed by atoms with Crippen LogP contribution < -0.4 is 5.73 Å². The van der Waals surface area contributed by atoms with Gasteiger partial charge in [0, 0.05) is 19.3 Å². The SMILES string of the molecule is CCC(N)c1cn(C)cn1. The zero-order valence-corrected chi connectivity index (χ0v) is 6.41. The first kappa shape index (κ1) is 7.28. The van der Waals surface area contributed by atoms with Crippen LogP contribution in [0.3, 0.4) is 0 Å². The predicted octanol–water partition coefficient (Wildman–Crippen LogP) is 0.830. The summed E-state index contributed by atoms with van der Waals surface area (Å²) in [6.07, 6.45) is 4.66. The van der Waals surface area contributed by atoms with Crippen LogP contribution in [0.4, 0.5) is 0 Å². The Bertz CT molecular complexity index is 204. The highest BCUT2D eigenvalue weighted by molar-refractivity contribution is 5.01. The molecule has 56 valence electrons. The van der Waals surface area contributed by atoms with Gasteiger partial charge < -0.3 is 10.3 Å². The van der Waals surface area contributed by atoms with Crippen molar-refractivity contribution < 1.29 is 0 Å². The number of nitrogens with zero attached hydrogens (tertiary/aromatic N) is 2. The number of hydrogen-bond acceptors (Lipinski definition) is 2. The van der Waals surface area contributed by atoms with Crippen molar-refractivity contribution >= 4 is 0 Å². The van der Waals surface area contributed by atoms with E-state index in [0.717, 1.165) is 12.1 Å². The normalized spacial score (nSPS) is 13.5. The monoisotopic (exact) mass is 139 g/mol. The standard InChI is InChI=1S/C7H13N3/c1-3-6(8)7-4-10(2)5-9-7/h4-6H,3,8H2,1-2H3. The van der Waals surface area contributed by atoms with Gasteiger partial charge in [0.15, 0.2) is 0 Å². The van der Waals surface area contributed by atoms with E-state index in [9.17, 15) is 0 Å². The lowest BCUT2D eigenvalue weighted by atomic mass is 10.2. The molecule has 1 unspecified atom stereocenters. The topological polar surface area (TPSA) is 43.8 Å². The molecular formula is C7H13N3. The third kappa shape index (κ3) is 1.36. The van der Waals surface area contributed by atoms with E-state index in [-0.39, 0.29) is 6.04 Å². The molecule has 0 fully saturated rings. The molecule has 3 heteroatoms. The maximum absolute atomic E-state index is 5.73.